The molecule has 0 atom stereocenters. The molecule has 1 amide bonds. The van der Waals surface area contributed by atoms with E-state index >= 15 is 0 Å². The molecule has 0 spiro atoms. The van der Waals surface area contributed by atoms with Crippen LogP contribution in [0.15, 0.2) is 99.2 Å². The van der Waals surface area contributed by atoms with Crippen molar-refractivity contribution in [3.63, 3.8) is 0 Å². The first kappa shape index (κ1) is 20.9. The number of hydrogen-bond donors (Lipinski definition) is 0. The van der Waals surface area contributed by atoms with Gasteiger partial charge in [-0.2, -0.15) is 4.31 Å². The van der Waals surface area contributed by atoms with Crippen molar-refractivity contribution in [3.05, 3.63) is 94.8 Å². The van der Waals surface area contributed by atoms with E-state index < -0.39 is 21.1 Å². The van der Waals surface area contributed by atoms with E-state index in [4.69, 9.17) is 9.15 Å². The number of sulfonamides is 1. The van der Waals surface area contributed by atoms with Crippen LogP contribution in [-0.2, 0) is 10.0 Å². The standard InChI is InChI=1S/C23H14N2O6S2/c26-22(30-17-8-2-1-3-9-17)25(16-11-12-18-19(14-16)32-23(27)31-18)33(28,29)20-10-4-6-15-7-5-13-24-21(15)20/h1-14H. The number of pyridine rings is 1. The van der Waals surface area contributed by atoms with E-state index in [1.807, 2.05) is 0 Å². The number of rotatable bonds is 4. The third-order valence-electron chi connectivity index (χ3n) is 4.78. The van der Waals surface area contributed by atoms with Crippen LogP contribution < -0.4 is 14.0 Å². The van der Waals surface area contributed by atoms with E-state index in [0.29, 0.717) is 14.4 Å². The Morgan fingerprint density at radius 3 is 2.58 bits per heavy atom. The summed E-state index contributed by atoms with van der Waals surface area (Å²) in [4.78, 5) is 28.4. The van der Waals surface area contributed by atoms with Crippen LogP contribution in [-0.4, -0.2) is 19.5 Å². The number of carbonyl (C=O) groups excluding carboxylic acids is 1. The van der Waals surface area contributed by atoms with E-state index in [2.05, 4.69) is 4.98 Å². The highest BCUT2D eigenvalue weighted by molar-refractivity contribution is 7.93. The molecule has 0 unspecified atom stereocenters. The highest BCUT2D eigenvalue weighted by Crippen LogP contribution is 2.32. The molecule has 0 fully saturated rings. The fourth-order valence-corrected chi connectivity index (χ4v) is 5.53. The molecule has 0 saturated carbocycles. The molecule has 10 heteroatoms. The quantitative estimate of drug-likeness (QED) is 0.365. The van der Waals surface area contributed by atoms with Crippen LogP contribution in [0.2, 0.25) is 0 Å². The van der Waals surface area contributed by atoms with Gasteiger partial charge in [0.2, 0.25) is 0 Å². The fourth-order valence-electron chi connectivity index (χ4n) is 3.34. The first-order valence-electron chi connectivity index (χ1n) is 9.63. The maximum absolute atomic E-state index is 13.8. The summed E-state index contributed by atoms with van der Waals surface area (Å²) in [5.74, 6) is 0.174. The fraction of sp³-hybridized carbons (Fsp3) is 0. The molecule has 0 saturated heterocycles. The Kier molecular flexibility index (Phi) is 5.15. The highest BCUT2D eigenvalue weighted by atomic mass is 32.2. The smallest absolute Gasteiger partial charge is 0.414 e. The summed E-state index contributed by atoms with van der Waals surface area (Å²) in [7, 11) is -4.47. The lowest BCUT2D eigenvalue weighted by molar-refractivity contribution is 0.211. The summed E-state index contributed by atoms with van der Waals surface area (Å²) in [6.45, 7) is 0. The minimum atomic E-state index is -4.47. The summed E-state index contributed by atoms with van der Waals surface area (Å²) < 4.78 is 39.0. The molecule has 0 bridgehead atoms. The maximum Gasteiger partial charge on any atom is 0.434 e. The topological polar surface area (TPSA) is 107 Å². The summed E-state index contributed by atoms with van der Waals surface area (Å²) in [6, 6.07) is 20.4. The molecule has 5 aromatic rings. The molecular weight excluding hydrogens is 464 g/mol. The van der Waals surface area contributed by atoms with Gasteiger partial charge in [0.15, 0.2) is 0 Å². The molecule has 0 aliphatic rings. The molecule has 2 aromatic heterocycles. The van der Waals surface area contributed by atoms with Crippen LogP contribution in [0.5, 0.6) is 5.75 Å². The van der Waals surface area contributed by atoms with Gasteiger partial charge in [-0.05, 0) is 42.5 Å². The Labute approximate surface area is 191 Å². The minimum absolute atomic E-state index is 0.00610. The molecule has 3 aromatic carbocycles. The zero-order valence-electron chi connectivity index (χ0n) is 16.7. The molecule has 0 N–H and O–H groups in total. The predicted octanol–water partition coefficient (Wildman–Crippen LogP) is 4.80. The van der Waals surface area contributed by atoms with Gasteiger partial charge in [0.25, 0.3) is 10.0 Å². The van der Waals surface area contributed by atoms with Gasteiger partial charge in [0.1, 0.15) is 16.2 Å². The van der Waals surface area contributed by atoms with Crippen molar-refractivity contribution in [2.24, 2.45) is 0 Å². The second-order valence-corrected chi connectivity index (χ2v) is 9.60. The minimum Gasteiger partial charge on any atom is -0.414 e. The van der Waals surface area contributed by atoms with Gasteiger partial charge < -0.3 is 9.15 Å². The zero-order valence-corrected chi connectivity index (χ0v) is 18.4. The second kappa shape index (κ2) is 8.15. The molecule has 164 valence electrons. The Morgan fingerprint density at radius 1 is 0.970 bits per heavy atom. The maximum atomic E-state index is 13.8. The van der Waals surface area contributed by atoms with Gasteiger partial charge in [-0.3, -0.25) is 4.98 Å². The van der Waals surface area contributed by atoms with Gasteiger partial charge in [0, 0.05) is 11.6 Å². The van der Waals surface area contributed by atoms with E-state index in [9.17, 15) is 18.0 Å². The van der Waals surface area contributed by atoms with Gasteiger partial charge >= 0.3 is 11.0 Å². The SMILES string of the molecule is O=C(Oc1ccccc1)N(c1ccc2oc(=O)sc2c1)S(=O)(=O)c1cccc2cccnc12. The van der Waals surface area contributed by atoms with Crippen molar-refractivity contribution in [2.45, 2.75) is 4.90 Å². The molecule has 5 rings (SSSR count). The average Bonchev–Trinajstić information content (AvgIpc) is 3.18. The number of amides is 1. The number of hydrogen-bond acceptors (Lipinski definition) is 8. The van der Waals surface area contributed by atoms with E-state index in [-0.39, 0.29) is 27.4 Å². The summed E-state index contributed by atoms with van der Waals surface area (Å²) in [5, 5.41) is 0.596. The second-order valence-electron chi connectivity index (χ2n) is 6.87. The van der Waals surface area contributed by atoms with Crippen molar-refractivity contribution >= 4 is 54.3 Å². The van der Waals surface area contributed by atoms with Gasteiger partial charge in [0.05, 0.1) is 15.9 Å². The molecule has 2 heterocycles. The number of nitrogens with zero attached hydrogens (tertiary/aromatic N) is 2. The van der Waals surface area contributed by atoms with Crippen LogP contribution in [0.3, 0.4) is 0 Å². The number of fused-ring (bicyclic) bond motifs is 2. The lowest BCUT2D eigenvalue weighted by atomic mass is 10.2. The van der Waals surface area contributed by atoms with Crippen molar-refractivity contribution < 1.29 is 22.4 Å². The van der Waals surface area contributed by atoms with E-state index in [1.54, 1.807) is 42.5 Å². The van der Waals surface area contributed by atoms with Gasteiger partial charge in [-0.1, -0.05) is 47.7 Å². The monoisotopic (exact) mass is 478 g/mol. The normalized spacial score (nSPS) is 11.5. The third kappa shape index (κ3) is 3.86. The Bertz CT molecular complexity index is 1650. The number of para-hydroxylation sites is 2. The predicted molar refractivity (Wildman–Crippen MR) is 124 cm³/mol. The Hall–Kier alpha value is -4.02. The van der Waals surface area contributed by atoms with Crippen LogP contribution in [0.4, 0.5) is 10.5 Å². The molecule has 33 heavy (non-hydrogen) atoms. The van der Waals surface area contributed by atoms with Crippen LogP contribution in [0, 0.1) is 0 Å². The lowest BCUT2D eigenvalue weighted by Gasteiger charge is -2.22. The van der Waals surface area contributed by atoms with Crippen LogP contribution >= 0.6 is 11.3 Å². The number of carbonyl (C=O) groups is 1. The van der Waals surface area contributed by atoms with Crippen molar-refractivity contribution in [1.29, 1.82) is 0 Å². The molecular formula is C23H14N2O6S2. The molecule has 8 nitrogen and oxygen atoms in total. The largest absolute Gasteiger partial charge is 0.434 e. The molecule has 0 aliphatic heterocycles. The number of ether oxygens (including phenoxy) is 1. The molecule has 0 aliphatic carbocycles. The lowest BCUT2D eigenvalue weighted by Crippen LogP contribution is -2.39. The zero-order chi connectivity index (χ0) is 23.0. The number of anilines is 1. The van der Waals surface area contributed by atoms with E-state index in [1.165, 1.54) is 42.6 Å². The van der Waals surface area contributed by atoms with Gasteiger partial charge in [-0.25, -0.2) is 18.0 Å². The first-order valence-corrected chi connectivity index (χ1v) is 11.9. The summed E-state index contributed by atoms with van der Waals surface area (Å²) in [5.41, 5.74) is 0.495. The van der Waals surface area contributed by atoms with Crippen molar-refractivity contribution in [3.8, 4) is 5.75 Å². The van der Waals surface area contributed by atoms with Crippen LogP contribution in [0.1, 0.15) is 0 Å². The highest BCUT2D eigenvalue weighted by Gasteiger charge is 2.35. The first-order chi connectivity index (χ1) is 15.9. The Morgan fingerprint density at radius 2 is 1.76 bits per heavy atom. The third-order valence-corrected chi connectivity index (χ3v) is 7.29. The number of aromatic nitrogens is 1. The van der Waals surface area contributed by atoms with Crippen LogP contribution in [0.25, 0.3) is 21.2 Å². The summed E-state index contributed by atoms with van der Waals surface area (Å²) >= 11 is 0.800. The van der Waals surface area contributed by atoms with Crippen molar-refractivity contribution in [2.75, 3.05) is 4.31 Å². The number of benzene rings is 3. The Balaban J connectivity index is 1.69. The van der Waals surface area contributed by atoms with Gasteiger partial charge in [-0.15, -0.1) is 0 Å². The van der Waals surface area contributed by atoms with E-state index in [0.717, 1.165) is 11.3 Å². The average molecular weight is 479 g/mol. The summed E-state index contributed by atoms with van der Waals surface area (Å²) in [6.07, 6.45) is 0.340. The van der Waals surface area contributed by atoms with Crippen molar-refractivity contribution in [1.82, 2.24) is 4.98 Å². The molecule has 0 radical (unpaired) electrons.